The molecule has 0 unspecified atom stereocenters. The number of nitrogens with zero attached hydrogens (tertiary/aromatic N) is 1. The number of sulfonamides is 1. The van der Waals surface area contributed by atoms with Gasteiger partial charge in [-0.2, -0.15) is 0 Å². The lowest BCUT2D eigenvalue weighted by atomic mass is 10.2. The number of nitrogens with one attached hydrogen (secondary N) is 1. The van der Waals surface area contributed by atoms with Gasteiger partial charge in [0.05, 0.1) is 36.4 Å². The molecule has 1 N–H and O–H groups in total. The minimum absolute atomic E-state index is 0.00305. The van der Waals surface area contributed by atoms with Crippen molar-refractivity contribution in [3.8, 4) is 11.5 Å². The number of amides is 1. The molecule has 0 aliphatic rings. The maximum Gasteiger partial charge on any atom is 0.264 e. The first kappa shape index (κ1) is 21.6. The van der Waals surface area contributed by atoms with Gasteiger partial charge in [0.1, 0.15) is 11.5 Å². The Balaban J connectivity index is 2.56. The molecule has 9 heteroatoms. The number of hydrogen-bond donors (Lipinski definition) is 1. The third-order valence-corrected chi connectivity index (χ3v) is 5.87. The first-order valence-electron chi connectivity index (χ1n) is 8.17. The zero-order valence-electron chi connectivity index (χ0n) is 15.7. The van der Waals surface area contributed by atoms with E-state index in [0.29, 0.717) is 16.5 Å². The summed E-state index contributed by atoms with van der Waals surface area (Å²) in [4.78, 5) is 11.2. The lowest BCUT2D eigenvalue weighted by Gasteiger charge is -2.25. The van der Waals surface area contributed by atoms with Gasteiger partial charge < -0.3 is 14.8 Å². The predicted molar refractivity (Wildman–Crippen MR) is 110 cm³/mol. The van der Waals surface area contributed by atoms with Gasteiger partial charge in [0.25, 0.3) is 10.0 Å². The fourth-order valence-corrected chi connectivity index (χ4v) is 4.19. The smallest absolute Gasteiger partial charge is 0.264 e. The maximum absolute atomic E-state index is 13.3. The Bertz CT molecular complexity index is 975. The molecule has 1 amide bonds. The van der Waals surface area contributed by atoms with Gasteiger partial charge in [0, 0.05) is 24.7 Å². The highest BCUT2D eigenvalue weighted by molar-refractivity contribution is 7.92. The van der Waals surface area contributed by atoms with Crippen LogP contribution < -0.4 is 19.1 Å². The standard InChI is InChI=1S/C19H21ClN2O5S/c1-5-10-22(17-12-18(26-3)16(20)11-19(17)27-4)28(24,25)15-8-6-14(7-9-15)21-13(2)23/h5-9,11-12H,1,10H2,2-4H3,(H,21,23). The van der Waals surface area contributed by atoms with Gasteiger partial charge in [-0.05, 0) is 24.3 Å². The molecule has 0 atom stereocenters. The van der Waals surface area contributed by atoms with Crippen molar-refractivity contribution in [3.63, 3.8) is 0 Å². The van der Waals surface area contributed by atoms with Gasteiger partial charge in [-0.1, -0.05) is 17.7 Å². The van der Waals surface area contributed by atoms with Crippen molar-refractivity contribution >= 4 is 38.9 Å². The molecule has 0 spiro atoms. The number of benzene rings is 2. The van der Waals surface area contributed by atoms with Crippen LogP contribution in [0.15, 0.2) is 53.9 Å². The maximum atomic E-state index is 13.3. The molecule has 0 fully saturated rings. The second kappa shape index (κ2) is 8.99. The van der Waals surface area contributed by atoms with E-state index in [-0.39, 0.29) is 28.8 Å². The van der Waals surface area contributed by atoms with Gasteiger partial charge in [0.15, 0.2) is 0 Å². The van der Waals surface area contributed by atoms with Crippen LogP contribution in [-0.4, -0.2) is 35.1 Å². The Morgan fingerprint density at radius 2 is 1.79 bits per heavy atom. The van der Waals surface area contributed by atoms with Crippen molar-refractivity contribution in [2.45, 2.75) is 11.8 Å². The predicted octanol–water partition coefficient (Wildman–Crippen LogP) is 3.70. The lowest BCUT2D eigenvalue weighted by Crippen LogP contribution is -2.31. The zero-order chi connectivity index (χ0) is 20.9. The first-order chi connectivity index (χ1) is 13.2. The van der Waals surface area contributed by atoms with E-state index in [9.17, 15) is 13.2 Å². The van der Waals surface area contributed by atoms with Gasteiger partial charge in [-0.15, -0.1) is 6.58 Å². The molecule has 0 saturated carbocycles. The van der Waals surface area contributed by atoms with E-state index in [1.54, 1.807) is 0 Å². The molecular weight excluding hydrogens is 404 g/mol. The molecule has 2 aromatic rings. The summed E-state index contributed by atoms with van der Waals surface area (Å²) in [5.74, 6) is 0.329. The minimum Gasteiger partial charge on any atom is -0.495 e. The van der Waals surface area contributed by atoms with Gasteiger partial charge in [-0.25, -0.2) is 8.42 Å². The molecule has 0 aliphatic carbocycles. The summed E-state index contributed by atoms with van der Waals surface area (Å²) in [7, 11) is -1.11. The Hall–Kier alpha value is -2.71. The van der Waals surface area contributed by atoms with E-state index < -0.39 is 10.0 Å². The number of methoxy groups -OCH3 is 2. The molecule has 2 rings (SSSR count). The lowest BCUT2D eigenvalue weighted by molar-refractivity contribution is -0.114. The molecule has 0 aromatic heterocycles. The summed E-state index contributed by atoms with van der Waals surface area (Å²) in [5.41, 5.74) is 0.752. The van der Waals surface area contributed by atoms with Crippen molar-refractivity contribution < 1.29 is 22.7 Å². The number of anilines is 2. The number of carbonyl (C=O) groups is 1. The van der Waals surface area contributed by atoms with Crippen LogP contribution in [0.2, 0.25) is 5.02 Å². The minimum atomic E-state index is -3.96. The molecule has 0 saturated heterocycles. The molecule has 28 heavy (non-hydrogen) atoms. The van der Waals surface area contributed by atoms with E-state index in [0.717, 1.165) is 4.31 Å². The largest absolute Gasteiger partial charge is 0.495 e. The number of ether oxygens (including phenoxy) is 2. The van der Waals surface area contributed by atoms with E-state index in [1.807, 2.05) is 0 Å². The second-order valence-corrected chi connectivity index (χ2v) is 7.96. The topological polar surface area (TPSA) is 84.9 Å². The molecule has 0 aliphatic heterocycles. The normalized spacial score (nSPS) is 10.9. The van der Waals surface area contributed by atoms with Crippen LogP contribution in [0.5, 0.6) is 11.5 Å². The van der Waals surface area contributed by atoms with Gasteiger partial charge >= 0.3 is 0 Å². The summed E-state index contributed by atoms with van der Waals surface area (Å²) >= 11 is 6.12. The summed E-state index contributed by atoms with van der Waals surface area (Å²) in [6, 6.07) is 8.84. The van der Waals surface area contributed by atoms with Crippen molar-refractivity contribution in [2.75, 3.05) is 30.4 Å². The molecule has 0 heterocycles. The van der Waals surface area contributed by atoms with Gasteiger partial charge in [-0.3, -0.25) is 9.10 Å². The Labute approximate surface area is 169 Å². The van der Waals surface area contributed by atoms with Crippen LogP contribution in [0.1, 0.15) is 6.92 Å². The number of halogens is 1. The van der Waals surface area contributed by atoms with Gasteiger partial charge in [0.2, 0.25) is 5.91 Å². The summed E-state index contributed by atoms with van der Waals surface area (Å²) in [5, 5.41) is 2.88. The fourth-order valence-electron chi connectivity index (χ4n) is 2.52. The van der Waals surface area contributed by atoms with Crippen LogP contribution >= 0.6 is 11.6 Å². The van der Waals surface area contributed by atoms with E-state index in [4.69, 9.17) is 21.1 Å². The van der Waals surface area contributed by atoms with Crippen molar-refractivity contribution in [1.29, 1.82) is 0 Å². The SMILES string of the molecule is C=CCN(c1cc(OC)c(Cl)cc1OC)S(=O)(=O)c1ccc(NC(C)=O)cc1. The van der Waals surface area contributed by atoms with E-state index in [2.05, 4.69) is 11.9 Å². The number of hydrogen-bond acceptors (Lipinski definition) is 5. The summed E-state index contributed by atoms with van der Waals surface area (Å²) in [6.45, 7) is 5.01. The number of carbonyl (C=O) groups excluding carboxylic acids is 1. The molecule has 2 aromatic carbocycles. The average Bonchev–Trinajstić information content (AvgIpc) is 2.66. The summed E-state index contributed by atoms with van der Waals surface area (Å²) in [6.07, 6.45) is 1.46. The highest BCUT2D eigenvalue weighted by Gasteiger charge is 2.27. The molecular formula is C19H21ClN2O5S. The van der Waals surface area contributed by atoms with Crippen molar-refractivity contribution in [3.05, 3.63) is 54.1 Å². The van der Waals surface area contributed by atoms with Crippen LogP contribution in [0.25, 0.3) is 0 Å². The van der Waals surface area contributed by atoms with Crippen LogP contribution in [0.4, 0.5) is 11.4 Å². The van der Waals surface area contributed by atoms with E-state index in [1.165, 1.54) is 63.6 Å². The third kappa shape index (κ3) is 4.58. The number of rotatable bonds is 8. The molecule has 150 valence electrons. The summed E-state index contributed by atoms with van der Waals surface area (Å²) < 4.78 is 38.2. The highest BCUT2D eigenvalue weighted by Crippen LogP contribution is 2.40. The Morgan fingerprint density at radius 3 is 2.29 bits per heavy atom. The van der Waals surface area contributed by atoms with Crippen molar-refractivity contribution in [1.82, 2.24) is 0 Å². The Kier molecular flexibility index (Phi) is 6.93. The monoisotopic (exact) mass is 424 g/mol. The highest BCUT2D eigenvalue weighted by atomic mass is 35.5. The van der Waals surface area contributed by atoms with Crippen LogP contribution in [0, 0.1) is 0 Å². The van der Waals surface area contributed by atoms with E-state index >= 15 is 0 Å². The second-order valence-electron chi connectivity index (χ2n) is 5.69. The zero-order valence-corrected chi connectivity index (χ0v) is 17.3. The first-order valence-corrected chi connectivity index (χ1v) is 9.99. The molecule has 7 nitrogen and oxygen atoms in total. The molecule has 0 bridgehead atoms. The average molecular weight is 425 g/mol. The Morgan fingerprint density at radius 1 is 1.18 bits per heavy atom. The molecule has 0 radical (unpaired) electrons. The third-order valence-electron chi connectivity index (χ3n) is 3.78. The fraction of sp³-hybridized carbons (Fsp3) is 0.211. The quantitative estimate of drug-likeness (QED) is 0.653. The van der Waals surface area contributed by atoms with Crippen LogP contribution in [-0.2, 0) is 14.8 Å². The van der Waals surface area contributed by atoms with Crippen molar-refractivity contribution in [2.24, 2.45) is 0 Å². The van der Waals surface area contributed by atoms with Crippen LogP contribution in [0.3, 0.4) is 0 Å².